The Hall–Kier alpha value is -3.28. The summed E-state index contributed by atoms with van der Waals surface area (Å²) in [6.07, 6.45) is 2.54. The van der Waals surface area contributed by atoms with Crippen LogP contribution in [-0.4, -0.2) is 31.5 Å². The highest BCUT2D eigenvalue weighted by atomic mass is 16.5. The third-order valence-corrected chi connectivity index (χ3v) is 3.60. The normalized spacial score (nSPS) is 9.96. The van der Waals surface area contributed by atoms with Gasteiger partial charge in [0.2, 0.25) is 5.91 Å². The van der Waals surface area contributed by atoms with Gasteiger partial charge in [-0.15, -0.1) is 0 Å². The highest BCUT2D eigenvalue weighted by molar-refractivity contribution is 5.96. The van der Waals surface area contributed by atoms with Gasteiger partial charge in [0.1, 0.15) is 12.4 Å². The maximum Gasteiger partial charge on any atom is 0.251 e. The van der Waals surface area contributed by atoms with Crippen molar-refractivity contribution < 1.29 is 14.3 Å². The molecule has 2 aromatic carbocycles. The maximum atomic E-state index is 12.2. The maximum absolute atomic E-state index is 12.2. The number of carbonyl (C=O) groups excluding carboxylic acids is 2. The summed E-state index contributed by atoms with van der Waals surface area (Å²) in [6.45, 7) is 6.72. The monoisotopic (exact) mass is 367 g/mol. The van der Waals surface area contributed by atoms with Crippen molar-refractivity contribution >= 4 is 23.2 Å². The number of nitrogens with one attached hydrogen (secondary N) is 3. The lowest BCUT2D eigenvalue weighted by molar-refractivity contribution is -0.114. The molecule has 0 fully saturated rings. The molecular weight excluding hydrogens is 342 g/mol. The molecule has 0 heterocycles. The summed E-state index contributed by atoms with van der Waals surface area (Å²) >= 11 is 0. The molecule has 0 atom stereocenters. The van der Waals surface area contributed by atoms with E-state index in [0.717, 1.165) is 6.42 Å². The molecule has 27 heavy (non-hydrogen) atoms. The highest BCUT2D eigenvalue weighted by Gasteiger charge is 2.07. The molecule has 6 heteroatoms. The molecule has 2 amide bonds. The van der Waals surface area contributed by atoms with E-state index in [9.17, 15) is 9.59 Å². The van der Waals surface area contributed by atoms with E-state index in [1.807, 2.05) is 19.1 Å². The predicted molar refractivity (Wildman–Crippen MR) is 108 cm³/mol. The predicted octanol–water partition coefficient (Wildman–Crippen LogP) is 3.44. The zero-order valence-corrected chi connectivity index (χ0v) is 15.5. The van der Waals surface area contributed by atoms with Crippen LogP contribution >= 0.6 is 0 Å². The van der Waals surface area contributed by atoms with Gasteiger partial charge in [0, 0.05) is 29.5 Å². The third-order valence-electron chi connectivity index (χ3n) is 3.60. The molecule has 6 nitrogen and oxygen atoms in total. The van der Waals surface area contributed by atoms with Crippen LogP contribution in [0.3, 0.4) is 0 Å². The second-order valence-electron chi connectivity index (χ2n) is 5.87. The van der Waals surface area contributed by atoms with Crippen molar-refractivity contribution in [2.24, 2.45) is 0 Å². The molecule has 0 aliphatic heterocycles. The quantitative estimate of drug-likeness (QED) is 0.562. The van der Waals surface area contributed by atoms with Crippen LogP contribution in [0.25, 0.3) is 0 Å². The summed E-state index contributed by atoms with van der Waals surface area (Å²) in [6, 6.07) is 14.2. The molecule has 0 unspecified atom stereocenters. The van der Waals surface area contributed by atoms with Crippen LogP contribution in [0.15, 0.2) is 61.2 Å². The number of hydrogen-bond donors (Lipinski definition) is 3. The second kappa shape index (κ2) is 10.7. The van der Waals surface area contributed by atoms with Gasteiger partial charge >= 0.3 is 0 Å². The summed E-state index contributed by atoms with van der Waals surface area (Å²) in [5, 5.41) is 8.67. The SMILES string of the molecule is C=CCOc1cccc(NC(=O)CNc2cccc(C(=O)NCCC)c2)c1. The van der Waals surface area contributed by atoms with Gasteiger partial charge in [-0.1, -0.05) is 31.7 Å². The van der Waals surface area contributed by atoms with Gasteiger partial charge in [0.25, 0.3) is 5.91 Å². The summed E-state index contributed by atoms with van der Waals surface area (Å²) in [5.74, 6) is 0.337. The standard InChI is InChI=1S/C21H25N3O3/c1-3-11-22-21(26)16-7-5-8-17(13-16)23-15-20(25)24-18-9-6-10-19(14-18)27-12-4-2/h4-10,13-14,23H,2-3,11-12,15H2,1H3,(H,22,26)(H,24,25). The van der Waals surface area contributed by atoms with Crippen molar-refractivity contribution in [3.63, 3.8) is 0 Å². The molecule has 0 aromatic heterocycles. The molecule has 2 aromatic rings. The van der Waals surface area contributed by atoms with Crippen LogP contribution in [-0.2, 0) is 4.79 Å². The summed E-state index contributed by atoms with van der Waals surface area (Å²) in [5.41, 5.74) is 1.91. The van der Waals surface area contributed by atoms with E-state index >= 15 is 0 Å². The minimum Gasteiger partial charge on any atom is -0.489 e. The number of hydrogen-bond acceptors (Lipinski definition) is 4. The number of carbonyl (C=O) groups is 2. The van der Waals surface area contributed by atoms with E-state index in [2.05, 4.69) is 22.5 Å². The van der Waals surface area contributed by atoms with Crippen molar-refractivity contribution in [1.82, 2.24) is 5.32 Å². The number of anilines is 2. The first kappa shape index (κ1) is 20.0. The van der Waals surface area contributed by atoms with Crippen LogP contribution in [0.2, 0.25) is 0 Å². The minimum absolute atomic E-state index is 0.0811. The Bertz CT molecular complexity index is 790. The van der Waals surface area contributed by atoms with Crippen LogP contribution in [0.4, 0.5) is 11.4 Å². The zero-order valence-electron chi connectivity index (χ0n) is 15.5. The highest BCUT2D eigenvalue weighted by Crippen LogP contribution is 2.17. The van der Waals surface area contributed by atoms with E-state index < -0.39 is 0 Å². The topological polar surface area (TPSA) is 79.5 Å². The number of benzene rings is 2. The first-order valence-corrected chi connectivity index (χ1v) is 8.88. The largest absolute Gasteiger partial charge is 0.489 e. The van der Waals surface area contributed by atoms with Crippen LogP contribution in [0.5, 0.6) is 5.75 Å². The Labute approximate surface area is 159 Å². The van der Waals surface area contributed by atoms with E-state index in [1.54, 1.807) is 42.5 Å². The van der Waals surface area contributed by atoms with Gasteiger partial charge in [-0.3, -0.25) is 9.59 Å². The zero-order chi connectivity index (χ0) is 19.5. The molecule has 142 valence electrons. The van der Waals surface area contributed by atoms with E-state index in [1.165, 1.54) is 0 Å². The van der Waals surface area contributed by atoms with Crippen molar-refractivity contribution in [2.45, 2.75) is 13.3 Å². The molecule has 0 aliphatic carbocycles. The van der Waals surface area contributed by atoms with Gasteiger partial charge in [-0.05, 0) is 36.8 Å². The Balaban J connectivity index is 1.88. The Morgan fingerprint density at radius 3 is 2.67 bits per heavy atom. The fourth-order valence-electron chi connectivity index (χ4n) is 2.32. The van der Waals surface area contributed by atoms with Gasteiger partial charge < -0.3 is 20.7 Å². The molecule has 0 saturated carbocycles. The van der Waals surface area contributed by atoms with Gasteiger partial charge in [-0.25, -0.2) is 0 Å². The number of amides is 2. The van der Waals surface area contributed by atoms with E-state index in [0.29, 0.717) is 35.8 Å². The van der Waals surface area contributed by atoms with Crippen LogP contribution in [0, 0.1) is 0 Å². The van der Waals surface area contributed by atoms with Crippen molar-refractivity contribution in [3.8, 4) is 5.75 Å². The van der Waals surface area contributed by atoms with Gasteiger partial charge in [0.05, 0.1) is 6.54 Å². The first-order chi connectivity index (χ1) is 13.1. The first-order valence-electron chi connectivity index (χ1n) is 8.88. The smallest absolute Gasteiger partial charge is 0.251 e. The average molecular weight is 367 g/mol. The van der Waals surface area contributed by atoms with Crippen molar-refractivity contribution in [3.05, 3.63) is 66.7 Å². The Morgan fingerprint density at radius 2 is 1.89 bits per heavy atom. The molecule has 0 radical (unpaired) electrons. The molecular formula is C21H25N3O3. The summed E-state index contributed by atoms with van der Waals surface area (Å²) in [4.78, 5) is 24.2. The molecule has 0 spiro atoms. The molecule has 0 saturated heterocycles. The van der Waals surface area contributed by atoms with Crippen molar-refractivity contribution in [2.75, 3.05) is 30.3 Å². The molecule has 0 bridgehead atoms. The lowest BCUT2D eigenvalue weighted by atomic mass is 10.2. The third kappa shape index (κ3) is 6.86. The van der Waals surface area contributed by atoms with Crippen LogP contribution < -0.4 is 20.7 Å². The molecule has 3 N–H and O–H groups in total. The van der Waals surface area contributed by atoms with Crippen LogP contribution in [0.1, 0.15) is 23.7 Å². The average Bonchev–Trinajstić information content (AvgIpc) is 2.69. The summed E-state index contributed by atoms with van der Waals surface area (Å²) < 4.78 is 5.45. The van der Waals surface area contributed by atoms with E-state index in [-0.39, 0.29) is 18.4 Å². The second-order valence-corrected chi connectivity index (χ2v) is 5.87. The van der Waals surface area contributed by atoms with E-state index in [4.69, 9.17) is 4.74 Å². The lowest BCUT2D eigenvalue weighted by Gasteiger charge is -2.10. The Morgan fingerprint density at radius 1 is 1.11 bits per heavy atom. The fourth-order valence-corrected chi connectivity index (χ4v) is 2.32. The molecule has 2 rings (SSSR count). The minimum atomic E-state index is -0.197. The van der Waals surface area contributed by atoms with Crippen molar-refractivity contribution in [1.29, 1.82) is 0 Å². The molecule has 0 aliphatic rings. The number of rotatable bonds is 10. The Kier molecular flexibility index (Phi) is 7.91. The van der Waals surface area contributed by atoms with Gasteiger partial charge in [-0.2, -0.15) is 0 Å². The van der Waals surface area contributed by atoms with Gasteiger partial charge in [0.15, 0.2) is 0 Å². The fraction of sp³-hybridized carbons (Fsp3) is 0.238. The lowest BCUT2D eigenvalue weighted by Crippen LogP contribution is -2.24. The summed E-state index contributed by atoms with van der Waals surface area (Å²) in [7, 11) is 0. The number of ether oxygens (including phenoxy) is 1.